The fourth-order valence-corrected chi connectivity index (χ4v) is 4.54. The molecular formula is C26H29ClN2O5. The number of ether oxygens (including phenoxy) is 2. The molecule has 1 aliphatic heterocycles. The third-order valence-electron chi connectivity index (χ3n) is 5.82. The summed E-state index contributed by atoms with van der Waals surface area (Å²) in [7, 11) is 3.97. The van der Waals surface area contributed by atoms with E-state index in [1.165, 1.54) is 0 Å². The van der Waals surface area contributed by atoms with Crippen molar-refractivity contribution in [2.45, 2.75) is 26.3 Å². The summed E-state index contributed by atoms with van der Waals surface area (Å²) in [5.41, 5.74) is 1.19. The number of carbonyl (C=O) groups is 1. The van der Waals surface area contributed by atoms with Crippen LogP contribution in [0.4, 0.5) is 0 Å². The molecule has 0 bridgehead atoms. The van der Waals surface area contributed by atoms with Gasteiger partial charge in [-0.1, -0.05) is 17.7 Å². The Hall–Kier alpha value is -3.03. The van der Waals surface area contributed by atoms with Gasteiger partial charge in [0.05, 0.1) is 30.2 Å². The minimum Gasteiger partial charge on any atom is -0.490 e. The van der Waals surface area contributed by atoms with Crippen LogP contribution in [0.15, 0.2) is 45.6 Å². The second-order valence-corrected chi connectivity index (χ2v) is 8.88. The lowest BCUT2D eigenvalue weighted by Gasteiger charge is -2.26. The topological polar surface area (TPSA) is 72.2 Å². The van der Waals surface area contributed by atoms with Gasteiger partial charge in [0, 0.05) is 11.6 Å². The Morgan fingerprint density at radius 2 is 1.76 bits per heavy atom. The molecule has 4 rings (SSSR count). The van der Waals surface area contributed by atoms with Crippen LogP contribution in [0.25, 0.3) is 11.0 Å². The molecule has 1 aromatic heterocycles. The van der Waals surface area contributed by atoms with Gasteiger partial charge in [0.25, 0.3) is 5.91 Å². The van der Waals surface area contributed by atoms with Gasteiger partial charge in [-0.3, -0.25) is 9.59 Å². The van der Waals surface area contributed by atoms with Crippen molar-refractivity contribution in [1.29, 1.82) is 0 Å². The standard InChI is InChI=1S/C26H29ClN2O5/c1-5-32-20-10-8-16(14-21(20)33-6-2)23-22-24(30)18-15-17(27)9-11-19(18)34-25(22)26(31)29(23)13-7-12-28(3)4/h8-11,14-15,23H,5-7,12-13H2,1-4H3. The summed E-state index contributed by atoms with van der Waals surface area (Å²) in [5.74, 6) is 0.986. The van der Waals surface area contributed by atoms with Crippen LogP contribution in [0.3, 0.4) is 0 Å². The Morgan fingerprint density at radius 3 is 2.47 bits per heavy atom. The monoisotopic (exact) mass is 484 g/mol. The highest BCUT2D eigenvalue weighted by Crippen LogP contribution is 2.41. The molecule has 1 atom stereocenters. The van der Waals surface area contributed by atoms with Crippen LogP contribution in [0, 0.1) is 0 Å². The Morgan fingerprint density at radius 1 is 1.03 bits per heavy atom. The molecular weight excluding hydrogens is 456 g/mol. The maximum atomic E-state index is 13.6. The number of benzene rings is 2. The molecule has 0 N–H and O–H groups in total. The molecule has 1 aliphatic rings. The van der Waals surface area contributed by atoms with Crippen LogP contribution < -0.4 is 14.9 Å². The number of rotatable bonds is 9. The van der Waals surface area contributed by atoms with Crippen molar-refractivity contribution >= 4 is 28.5 Å². The molecule has 1 amide bonds. The van der Waals surface area contributed by atoms with Crippen molar-refractivity contribution in [3.8, 4) is 11.5 Å². The van der Waals surface area contributed by atoms with Crippen LogP contribution in [-0.2, 0) is 0 Å². The first-order valence-electron chi connectivity index (χ1n) is 11.5. The van der Waals surface area contributed by atoms with Crippen LogP contribution in [-0.4, -0.2) is 56.1 Å². The second-order valence-electron chi connectivity index (χ2n) is 8.44. The molecule has 2 aromatic carbocycles. The zero-order valence-corrected chi connectivity index (χ0v) is 20.6. The molecule has 34 heavy (non-hydrogen) atoms. The number of halogens is 1. The molecule has 2 heterocycles. The largest absolute Gasteiger partial charge is 0.490 e. The highest BCUT2D eigenvalue weighted by Gasteiger charge is 2.42. The molecule has 0 spiro atoms. The van der Waals surface area contributed by atoms with Gasteiger partial charge >= 0.3 is 0 Å². The number of hydrogen-bond donors (Lipinski definition) is 0. The average Bonchev–Trinajstić information content (AvgIpc) is 3.08. The number of hydrogen-bond acceptors (Lipinski definition) is 6. The van der Waals surface area contributed by atoms with Gasteiger partial charge in [0.15, 0.2) is 16.9 Å². The zero-order valence-electron chi connectivity index (χ0n) is 19.9. The molecule has 0 aliphatic carbocycles. The van der Waals surface area contributed by atoms with Crippen LogP contribution in [0.2, 0.25) is 5.02 Å². The highest BCUT2D eigenvalue weighted by atomic mass is 35.5. The predicted molar refractivity (Wildman–Crippen MR) is 132 cm³/mol. The normalized spacial score (nSPS) is 15.3. The molecule has 0 fully saturated rings. The Bertz CT molecular complexity index is 1270. The fraction of sp³-hybridized carbons (Fsp3) is 0.385. The smallest absolute Gasteiger partial charge is 0.290 e. The van der Waals surface area contributed by atoms with Crippen LogP contribution >= 0.6 is 11.6 Å². The second kappa shape index (κ2) is 10.1. The van der Waals surface area contributed by atoms with E-state index in [2.05, 4.69) is 4.90 Å². The maximum absolute atomic E-state index is 13.6. The average molecular weight is 485 g/mol. The molecule has 0 saturated carbocycles. The van der Waals surface area contributed by atoms with Gasteiger partial charge in [0.1, 0.15) is 5.58 Å². The van der Waals surface area contributed by atoms with Crippen molar-refractivity contribution in [1.82, 2.24) is 9.80 Å². The summed E-state index contributed by atoms with van der Waals surface area (Å²) in [6, 6.07) is 9.81. The quantitative estimate of drug-likeness (QED) is 0.437. The lowest BCUT2D eigenvalue weighted by molar-refractivity contribution is 0.0722. The minimum atomic E-state index is -0.598. The van der Waals surface area contributed by atoms with Gasteiger partial charge in [-0.2, -0.15) is 0 Å². The predicted octanol–water partition coefficient (Wildman–Crippen LogP) is 4.74. The first-order chi connectivity index (χ1) is 16.3. The maximum Gasteiger partial charge on any atom is 0.290 e. The Balaban J connectivity index is 1.88. The third kappa shape index (κ3) is 4.50. The summed E-state index contributed by atoms with van der Waals surface area (Å²) < 4.78 is 17.5. The van der Waals surface area contributed by atoms with E-state index in [-0.39, 0.29) is 17.1 Å². The number of nitrogens with zero attached hydrogens (tertiary/aromatic N) is 2. The van der Waals surface area contributed by atoms with Crippen LogP contribution in [0.5, 0.6) is 11.5 Å². The number of amides is 1. The Labute approximate surface area is 203 Å². The van der Waals surface area contributed by atoms with Gasteiger partial charge in [0.2, 0.25) is 5.76 Å². The Kier molecular flexibility index (Phi) is 7.14. The number of fused-ring (bicyclic) bond motifs is 2. The van der Waals surface area contributed by atoms with E-state index in [0.717, 1.165) is 18.5 Å². The zero-order chi connectivity index (χ0) is 24.4. The van der Waals surface area contributed by atoms with Crippen LogP contribution in [0.1, 0.15) is 48.0 Å². The fourth-order valence-electron chi connectivity index (χ4n) is 4.36. The molecule has 0 saturated heterocycles. The van der Waals surface area contributed by atoms with E-state index in [1.54, 1.807) is 23.1 Å². The summed E-state index contributed by atoms with van der Waals surface area (Å²) >= 11 is 6.16. The lowest BCUT2D eigenvalue weighted by atomic mass is 9.98. The van der Waals surface area contributed by atoms with E-state index in [4.69, 9.17) is 25.5 Å². The van der Waals surface area contributed by atoms with Gasteiger partial charge in [-0.05, 0) is 76.8 Å². The molecule has 7 nitrogen and oxygen atoms in total. The van der Waals surface area contributed by atoms with E-state index in [0.29, 0.717) is 52.8 Å². The van der Waals surface area contributed by atoms with Gasteiger partial charge < -0.3 is 23.7 Å². The van der Waals surface area contributed by atoms with Gasteiger partial charge in [-0.25, -0.2) is 0 Å². The lowest BCUT2D eigenvalue weighted by Crippen LogP contribution is -2.32. The SMILES string of the molecule is CCOc1ccc(C2c3c(oc4ccc(Cl)cc4c3=O)C(=O)N2CCCN(C)C)cc1OCC. The number of carbonyl (C=O) groups excluding carboxylic acids is 1. The first kappa shape index (κ1) is 24.1. The summed E-state index contributed by atoms with van der Waals surface area (Å²) in [4.78, 5) is 30.9. The van der Waals surface area contributed by atoms with Crippen molar-refractivity contribution in [2.75, 3.05) is 40.4 Å². The van der Waals surface area contributed by atoms with Crippen molar-refractivity contribution in [3.05, 3.63) is 68.5 Å². The minimum absolute atomic E-state index is 0.0847. The van der Waals surface area contributed by atoms with E-state index >= 15 is 0 Å². The summed E-state index contributed by atoms with van der Waals surface area (Å²) in [5, 5.41) is 0.790. The molecule has 0 radical (unpaired) electrons. The van der Waals surface area contributed by atoms with Crippen molar-refractivity contribution in [3.63, 3.8) is 0 Å². The third-order valence-corrected chi connectivity index (χ3v) is 6.05. The van der Waals surface area contributed by atoms with E-state index < -0.39 is 6.04 Å². The highest BCUT2D eigenvalue weighted by molar-refractivity contribution is 6.31. The molecule has 1 unspecified atom stereocenters. The summed E-state index contributed by atoms with van der Waals surface area (Å²) in [6.45, 7) is 6.04. The van der Waals surface area contributed by atoms with Crippen molar-refractivity contribution in [2.24, 2.45) is 0 Å². The molecule has 180 valence electrons. The van der Waals surface area contributed by atoms with Gasteiger partial charge in [-0.15, -0.1) is 0 Å². The molecule has 3 aromatic rings. The first-order valence-corrected chi connectivity index (χ1v) is 11.8. The summed E-state index contributed by atoms with van der Waals surface area (Å²) in [6.07, 6.45) is 0.748. The van der Waals surface area contributed by atoms with E-state index in [9.17, 15) is 9.59 Å². The molecule has 8 heteroatoms. The van der Waals surface area contributed by atoms with E-state index in [1.807, 2.05) is 46.1 Å². The van der Waals surface area contributed by atoms with Crippen molar-refractivity contribution < 1.29 is 18.7 Å².